The minimum atomic E-state index is 0.108. The maximum Gasteiger partial charge on any atom is 0.225 e. The first kappa shape index (κ1) is 12.2. The van der Waals surface area contributed by atoms with Crippen LogP contribution in [-0.4, -0.2) is 19.5 Å². The number of anilines is 1. The molecular weight excluding hydrogens is 285 g/mol. The summed E-state index contributed by atoms with van der Waals surface area (Å²) in [5.74, 6) is 0. The summed E-state index contributed by atoms with van der Waals surface area (Å²) in [5, 5.41) is 0.364. The van der Waals surface area contributed by atoms with Crippen LogP contribution in [0.5, 0.6) is 0 Å². The molecule has 3 rings (SSSR count). The molecule has 5 nitrogen and oxygen atoms in total. The summed E-state index contributed by atoms with van der Waals surface area (Å²) in [6.45, 7) is 0.612. The molecule has 0 spiro atoms. The highest BCUT2D eigenvalue weighted by molar-refractivity contribution is 6.35. The van der Waals surface area contributed by atoms with Gasteiger partial charge in [-0.15, -0.1) is 0 Å². The molecule has 1 aromatic carbocycles. The van der Waals surface area contributed by atoms with E-state index in [1.54, 1.807) is 6.33 Å². The number of imidazole rings is 1. The maximum atomic E-state index is 5.97. The van der Waals surface area contributed by atoms with Crippen molar-refractivity contribution in [2.45, 2.75) is 6.54 Å². The fourth-order valence-corrected chi connectivity index (χ4v) is 2.24. The van der Waals surface area contributed by atoms with Gasteiger partial charge in [0.15, 0.2) is 10.8 Å². The molecule has 0 saturated heterocycles. The highest BCUT2D eigenvalue weighted by Gasteiger charge is 2.11. The lowest BCUT2D eigenvalue weighted by Crippen LogP contribution is -2.00. The molecule has 0 aliphatic heterocycles. The zero-order valence-corrected chi connectivity index (χ0v) is 11.2. The van der Waals surface area contributed by atoms with Gasteiger partial charge in [0.25, 0.3) is 0 Å². The first-order valence-electron chi connectivity index (χ1n) is 5.52. The molecule has 0 radical (unpaired) electrons. The average Bonchev–Trinajstić information content (AvgIpc) is 2.76. The van der Waals surface area contributed by atoms with Crippen molar-refractivity contribution < 1.29 is 0 Å². The topological polar surface area (TPSA) is 69.6 Å². The van der Waals surface area contributed by atoms with Crippen molar-refractivity contribution in [3.8, 4) is 0 Å². The number of fused-ring (bicyclic) bond motifs is 1. The number of halogens is 2. The van der Waals surface area contributed by atoms with E-state index in [1.807, 2.05) is 28.8 Å². The Morgan fingerprint density at radius 2 is 1.84 bits per heavy atom. The van der Waals surface area contributed by atoms with Gasteiger partial charge < -0.3 is 10.3 Å². The Hall–Kier alpha value is -1.85. The lowest BCUT2D eigenvalue weighted by Gasteiger charge is -2.04. The van der Waals surface area contributed by atoms with Crippen molar-refractivity contribution in [1.29, 1.82) is 0 Å². The van der Waals surface area contributed by atoms with Gasteiger partial charge in [-0.2, -0.15) is 4.98 Å². The molecule has 0 unspecified atom stereocenters. The molecule has 7 heteroatoms. The second-order valence-electron chi connectivity index (χ2n) is 4.07. The van der Waals surface area contributed by atoms with Gasteiger partial charge in [0, 0.05) is 5.69 Å². The van der Waals surface area contributed by atoms with Crippen LogP contribution >= 0.6 is 23.2 Å². The van der Waals surface area contributed by atoms with Gasteiger partial charge >= 0.3 is 0 Å². The lowest BCUT2D eigenvalue weighted by molar-refractivity contribution is 0.813. The van der Waals surface area contributed by atoms with E-state index in [0.717, 1.165) is 11.3 Å². The standard InChI is InChI=1S/C12H9Cl2N5/c13-10-9-11(18-12(14)17-10)19(6-16-9)5-7-1-3-8(15)4-2-7/h1-4,6H,5,15H2. The second kappa shape index (κ2) is 4.68. The van der Waals surface area contributed by atoms with Crippen LogP contribution in [0.4, 0.5) is 5.69 Å². The zero-order valence-electron chi connectivity index (χ0n) is 9.72. The van der Waals surface area contributed by atoms with Crippen LogP contribution < -0.4 is 5.73 Å². The Kier molecular flexibility index (Phi) is 3.00. The van der Waals surface area contributed by atoms with Crippen molar-refractivity contribution >= 4 is 40.1 Å². The Morgan fingerprint density at radius 1 is 1.11 bits per heavy atom. The summed E-state index contributed by atoms with van der Waals surface area (Å²) in [6.07, 6.45) is 1.66. The number of nitrogens with two attached hydrogens (primary N) is 1. The number of nitrogen functional groups attached to an aromatic ring is 1. The molecule has 0 aliphatic carbocycles. The molecule has 0 bridgehead atoms. The van der Waals surface area contributed by atoms with E-state index in [0.29, 0.717) is 17.7 Å². The van der Waals surface area contributed by atoms with Crippen LogP contribution in [0, 0.1) is 0 Å². The number of benzene rings is 1. The SMILES string of the molecule is Nc1ccc(Cn2cnc3c(Cl)nc(Cl)nc32)cc1. The normalized spacial score (nSPS) is 11.1. The minimum Gasteiger partial charge on any atom is -0.399 e. The highest BCUT2D eigenvalue weighted by Crippen LogP contribution is 2.21. The smallest absolute Gasteiger partial charge is 0.225 e. The van der Waals surface area contributed by atoms with Gasteiger partial charge in [0.1, 0.15) is 5.52 Å². The molecule has 2 N–H and O–H groups in total. The molecule has 0 amide bonds. The molecule has 0 saturated carbocycles. The van der Waals surface area contributed by atoms with Crippen molar-refractivity contribution in [2.75, 3.05) is 5.73 Å². The molecule has 96 valence electrons. The van der Waals surface area contributed by atoms with Gasteiger partial charge in [0.2, 0.25) is 5.28 Å². The van der Waals surface area contributed by atoms with Crippen LogP contribution in [0.3, 0.4) is 0 Å². The molecule has 0 atom stereocenters. The summed E-state index contributed by atoms with van der Waals surface area (Å²) in [7, 11) is 0. The first-order valence-corrected chi connectivity index (χ1v) is 6.27. The van der Waals surface area contributed by atoms with Gasteiger partial charge in [-0.1, -0.05) is 23.7 Å². The predicted molar refractivity (Wildman–Crippen MR) is 75.3 cm³/mol. The van der Waals surface area contributed by atoms with Crippen LogP contribution in [-0.2, 0) is 6.54 Å². The number of rotatable bonds is 2. The molecule has 0 aliphatic rings. The summed E-state index contributed by atoms with van der Waals surface area (Å²) in [4.78, 5) is 12.2. The van der Waals surface area contributed by atoms with Crippen LogP contribution in [0.25, 0.3) is 11.2 Å². The summed E-state index contributed by atoms with van der Waals surface area (Å²) in [6, 6.07) is 7.60. The number of nitrogens with zero attached hydrogens (tertiary/aromatic N) is 4. The van der Waals surface area contributed by atoms with Crippen molar-refractivity contribution in [2.24, 2.45) is 0 Å². The molecule has 19 heavy (non-hydrogen) atoms. The van der Waals surface area contributed by atoms with E-state index >= 15 is 0 Å². The molecular formula is C12H9Cl2N5. The van der Waals surface area contributed by atoms with Gasteiger partial charge in [-0.25, -0.2) is 9.97 Å². The third-order valence-electron chi connectivity index (χ3n) is 2.73. The number of aromatic nitrogens is 4. The van der Waals surface area contributed by atoms with Crippen LogP contribution in [0.1, 0.15) is 5.56 Å². The van der Waals surface area contributed by atoms with Crippen molar-refractivity contribution in [3.63, 3.8) is 0 Å². The molecule has 2 aromatic heterocycles. The Morgan fingerprint density at radius 3 is 2.58 bits per heavy atom. The lowest BCUT2D eigenvalue weighted by atomic mass is 10.2. The summed E-state index contributed by atoms with van der Waals surface area (Å²) in [5.41, 5.74) is 8.62. The van der Waals surface area contributed by atoms with Crippen molar-refractivity contribution in [3.05, 3.63) is 46.6 Å². The van der Waals surface area contributed by atoms with E-state index in [1.165, 1.54) is 0 Å². The predicted octanol–water partition coefficient (Wildman–Crippen LogP) is 2.76. The minimum absolute atomic E-state index is 0.108. The van der Waals surface area contributed by atoms with E-state index in [4.69, 9.17) is 28.9 Å². The molecule has 0 fully saturated rings. The molecule has 2 heterocycles. The third-order valence-corrected chi connectivity index (χ3v) is 3.16. The summed E-state index contributed by atoms with van der Waals surface area (Å²) < 4.78 is 1.86. The Bertz CT molecular complexity index is 736. The molecule has 3 aromatic rings. The van der Waals surface area contributed by atoms with Crippen LogP contribution in [0.2, 0.25) is 10.4 Å². The fraction of sp³-hybridized carbons (Fsp3) is 0.0833. The second-order valence-corrected chi connectivity index (χ2v) is 4.77. The highest BCUT2D eigenvalue weighted by atomic mass is 35.5. The maximum absolute atomic E-state index is 5.97. The first-order chi connectivity index (χ1) is 9.13. The Balaban J connectivity index is 2.03. The van der Waals surface area contributed by atoms with Gasteiger partial charge in [0.05, 0.1) is 12.9 Å². The largest absolute Gasteiger partial charge is 0.399 e. The van der Waals surface area contributed by atoms with E-state index in [-0.39, 0.29) is 10.4 Å². The van der Waals surface area contributed by atoms with Gasteiger partial charge in [-0.3, -0.25) is 0 Å². The fourth-order valence-electron chi connectivity index (χ4n) is 1.82. The van der Waals surface area contributed by atoms with E-state index in [9.17, 15) is 0 Å². The monoisotopic (exact) mass is 293 g/mol. The number of hydrogen-bond acceptors (Lipinski definition) is 4. The third kappa shape index (κ3) is 2.34. The average molecular weight is 294 g/mol. The van der Waals surface area contributed by atoms with E-state index in [2.05, 4.69) is 15.0 Å². The Labute approximate surface area is 119 Å². The van der Waals surface area contributed by atoms with Crippen molar-refractivity contribution in [1.82, 2.24) is 19.5 Å². The number of hydrogen-bond donors (Lipinski definition) is 1. The quantitative estimate of drug-likeness (QED) is 0.448. The summed E-state index contributed by atoms with van der Waals surface area (Å²) >= 11 is 11.8. The van der Waals surface area contributed by atoms with Gasteiger partial charge in [-0.05, 0) is 29.3 Å². The zero-order chi connectivity index (χ0) is 13.4. The van der Waals surface area contributed by atoms with E-state index < -0.39 is 0 Å². The van der Waals surface area contributed by atoms with Crippen LogP contribution in [0.15, 0.2) is 30.6 Å².